The fraction of sp³-hybridized carbons (Fsp3) is 0.667. The largest absolute Gasteiger partial charge is 0.407 e. The molecule has 0 radical (unpaired) electrons. The number of hydrogen-bond donors (Lipinski definition) is 1. The van der Waals surface area contributed by atoms with E-state index in [1.54, 1.807) is 11.8 Å². The van der Waals surface area contributed by atoms with E-state index < -0.39 is 0 Å². The minimum Gasteiger partial charge on any atom is -0.407 e. The zero-order chi connectivity index (χ0) is 8.81. The summed E-state index contributed by atoms with van der Waals surface area (Å²) in [4.78, 5) is 0. The van der Waals surface area contributed by atoms with Crippen LogP contribution < -0.4 is 5.32 Å². The topological polar surface area (TPSA) is 51.0 Å². The predicted molar refractivity (Wildman–Crippen MR) is 50.7 cm³/mol. The molecule has 0 amide bonds. The Morgan fingerprint density at radius 1 is 1.58 bits per heavy atom. The van der Waals surface area contributed by atoms with Crippen molar-refractivity contribution in [2.24, 2.45) is 0 Å². The van der Waals surface area contributed by atoms with Crippen LogP contribution in [0.1, 0.15) is 5.89 Å². The Hall–Kier alpha value is -0.420. The summed E-state index contributed by atoms with van der Waals surface area (Å²) in [6.45, 7) is 0.824. The van der Waals surface area contributed by atoms with E-state index in [1.807, 2.05) is 6.26 Å². The van der Waals surface area contributed by atoms with Gasteiger partial charge in [-0.3, -0.25) is 0 Å². The molecule has 68 valence electrons. The molecule has 0 fully saturated rings. The third-order valence-electron chi connectivity index (χ3n) is 1.16. The first-order valence-corrected chi connectivity index (χ1v) is 5.41. The number of nitrogens with zero attached hydrogens (tertiary/aromatic N) is 2. The van der Waals surface area contributed by atoms with Gasteiger partial charge < -0.3 is 9.73 Å². The first kappa shape index (κ1) is 9.67. The third-order valence-corrected chi connectivity index (χ3v) is 2.00. The average molecular weight is 208 g/mol. The average Bonchev–Trinajstić information content (AvgIpc) is 2.53. The molecule has 0 aliphatic rings. The minimum atomic E-state index is 0.261. The van der Waals surface area contributed by atoms with E-state index in [2.05, 4.69) is 15.5 Å². The first-order valence-electron chi connectivity index (χ1n) is 3.48. The van der Waals surface area contributed by atoms with Crippen LogP contribution in [0.5, 0.6) is 0 Å². The Balaban J connectivity index is 2.31. The van der Waals surface area contributed by atoms with Crippen molar-refractivity contribution in [2.75, 3.05) is 23.9 Å². The Morgan fingerprint density at radius 2 is 2.42 bits per heavy atom. The van der Waals surface area contributed by atoms with Gasteiger partial charge in [-0.15, -0.1) is 16.7 Å². The van der Waals surface area contributed by atoms with Crippen molar-refractivity contribution in [2.45, 2.75) is 5.88 Å². The van der Waals surface area contributed by atoms with Crippen molar-refractivity contribution in [3.63, 3.8) is 0 Å². The van der Waals surface area contributed by atoms with Gasteiger partial charge in [0.25, 0.3) is 0 Å². The molecular weight excluding hydrogens is 198 g/mol. The maximum Gasteiger partial charge on any atom is 0.315 e. The summed E-state index contributed by atoms with van der Waals surface area (Å²) in [5, 5.41) is 10.4. The highest BCUT2D eigenvalue weighted by atomic mass is 35.5. The second-order valence-corrected chi connectivity index (χ2v) is 3.31. The Kier molecular flexibility index (Phi) is 4.24. The molecule has 0 atom stereocenters. The fourth-order valence-corrected chi connectivity index (χ4v) is 1.05. The van der Waals surface area contributed by atoms with E-state index in [4.69, 9.17) is 16.0 Å². The van der Waals surface area contributed by atoms with Gasteiger partial charge in [0.1, 0.15) is 5.88 Å². The second-order valence-electron chi connectivity index (χ2n) is 2.05. The number of halogens is 1. The van der Waals surface area contributed by atoms with Gasteiger partial charge in [0.2, 0.25) is 5.89 Å². The van der Waals surface area contributed by atoms with Gasteiger partial charge in [0.05, 0.1) is 0 Å². The summed E-state index contributed by atoms with van der Waals surface area (Å²) in [6, 6.07) is 0.444. The summed E-state index contributed by atoms with van der Waals surface area (Å²) >= 11 is 7.23. The molecule has 4 nitrogen and oxygen atoms in total. The monoisotopic (exact) mass is 207 g/mol. The zero-order valence-corrected chi connectivity index (χ0v) is 8.28. The number of thioether (sulfide) groups is 1. The molecule has 0 aromatic carbocycles. The van der Waals surface area contributed by atoms with E-state index in [1.165, 1.54) is 0 Å². The van der Waals surface area contributed by atoms with Gasteiger partial charge >= 0.3 is 6.01 Å². The van der Waals surface area contributed by atoms with Crippen molar-refractivity contribution in [1.29, 1.82) is 0 Å². The quantitative estimate of drug-likeness (QED) is 0.587. The lowest BCUT2D eigenvalue weighted by atomic mass is 10.7. The van der Waals surface area contributed by atoms with Gasteiger partial charge in [-0.2, -0.15) is 11.8 Å². The summed E-state index contributed by atoms with van der Waals surface area (Å²) < 4.78 is 5.10. The van der Waals surface area contributed by atoms with Gasteiger partial charge in [-0.1, -0.05) is 5.10 Å². The van der Waals surface area contributed by atoms with Gasteiger partial charge in [0, 0.05) is 12.3 Å². The Labute approximate surface area is 80.1 Å². The second kappa shape index (κ2) is 5.27. The van der Waals surface area contributed by atoms with Crippen molar-refractivity contribution in [1.82, 2.24) is 10.2 Å². The molecule has 1 N–H and O–H groups in total. The van der Waals surface area contributed by atoms with Gasteiger partial charge in [-0.25, -0.2) is 0 Å². The van der Waals surface area contributed by atoms with Crippen LogP contribution in [-0.4, -0.2) is 28.8 Å². The number of rotatable bonds is 5. The Bertz CT molecular complexity index is 230. The molecule has 0 saturated carbocycles. The third kappa shape index (κ3) is 2.91. The molecule has 0 aliphatic carbocycles. The van der Waals surface area contributed by atoms with Crippen molar-refractivity contribution in [3.8, 4) is 0 Å². The molecule has 1 aromatic heterocycles. The normalized spacial score (nSPS) is 10.2. The Morgan fingerprint density at radius 3 is 3.00 bits per heavy atom. The highest BCUT2D eigenvalue weighted by molar-refractivity contribution is 7.98. The van der Waals surface area contributed by atoms with Crippen molar-refractivity contribution >= 4 is 29.4 Å². The smallest absolute Gasteiger partial charge is 0.315 e. The van der Waals surface area contributed by atoms with Crippen LogP contribution in [0, 0.1) is 0 Å². The molecule has 0 saturated heterocycles. The van der Waals surface area contributed by atoms with Crippen molar-refractivity contribution in [3.05, 3.63) is 5.89 Å². The SMILES string of the molecule is CSCCNc1nnc(CCl)o1. The molecule has 0 spiro atoms. The van der Waals surface area contributed by atoms with Crippen LogP contribution in [-0.2, 0) is 5.88 Å². The molecule has 12 heavy (non-hydrogen) atoms. The number of alkyl halides is 1. The van der Waals surface area contributed by atoms with Gasteiger partial charge in [-0.05, 0) is 6.26 Å². The first-order chi connectivity index (χ1) is 5.86. The predicted octanol–water partition coefficient (Wildman–Crippen LogP) is 1.58. The van der Waals surface area contributed by atoms with Crippen LogP contribution in [0.4, 0.5) is 6.01 Å². The molecule has 0 unspecified atom stereocenters. The van der Waals surface area contributed by atoms with Crippen molar-refractivity contribution < 1.29 is 4.42 Å². The van der Waals surface area contributed by atoms with E-state index in [0.717, 1.165) is 12.3 Å². The molecular formula is C6H10ClN3OS. The number of aromatic nitrogens is 2. The van der Waals surface area contributed by atoms with Crippen LogP contribution in [0.2, 0.25) is 0 Å². The molecule has 6 heteroatoms. The lowest BCUT2D eigenvalue weighted by molar-refractivity contribution is 0.526. The summed E-state index contributed by atoms with van der Waals surface area (Å²) in [5.41, 5.74) is 0. The van der Waals surface area contributed by atoms with E-state index in [0.29, 0.717) is 11.9 Å². The zero-order valence-electron chi connectivity index (χ0n) is 6.71. The lowest BCUT2D eigenvalue weighted by Crippen LogP contribution is -2.03. The van der Waals surface area contributed by atoms with E-state index in [-0.39, 0.29) is 5.88 Å². The molecule has 1 rings (SSSR count). The van der Waals surface area contributed by atoms with Crippen LogP contribution in [0.3, 0.4) is 0 Å². The highest BCUT2D eigenvalue weighted by Crippen LogP contribution is 2.06. The summed E-state index contributed by atoms with van der Waals surface area (Å²) in [5.74, 6) is 1.72. The summed E-state index contributed by atoms with van der Waals surface area (Å²) in [7, 11) is 0. The highest BCUT2D eigenvalue weighted by Gasteiger charge is 2.02. The van der Waals surface area contributed by atoms with Crippen LogP contribution >= 0.6 is 23.4 Å². The number of hydrogen-bond acceptors (Lipinski definition) is 5. The minimum absolute atomic E-state index is 0.261. The maximum atomic E-state index is 5.47. The lowest BCUT2D eigenvalue weighted by Gasteiger charge is -1.96. The molecule has 1 aromatic rings. The number of nitrogens with one attached hydrogen (secondary N) is 1. The molecule has 1 heterocycles. The molecule has 0 bridgehead atoms. The summed E-state index contributed by atoms with van der Waals surface area (Å²) in [6.07, 6.45) is 2.04. The van der Waals surface area contributed by atoms with Crippen LogP contribution in [0.25, 0.3) is 0 Å². The number of anilines is 1. The van der Waals surface area contributed by atoms with Crippen LogP contribution in [0.15, 0.2) is 4.42 Å². The maximum absolute atomic E-state index is 5.47. The van der Waals surface area contributed by atoms with E-state index in [9.17, 15) is 0 Å². The standard InChI is InChI=1S/C6H10ClN3OS/c1-12-3-2-8-6-10-9-5(4-7)11-6/h2-4H2,1H3,(H,8,10). The van der Waals surface area contributed by atoms with E-state index >= 15 is 0 Å². The molecule has 0 aliphatic heterocycles. The fourth-order valence-electron chi connectivity index (χ4n) is 0.639. The van der Waals surface area contributed by atoms with Gasteiger partial charge in [0.15, 0.2) is 0 Å².